The molecule has 17 heavy (non-hydrogen) atoms. The van der Waals surface area contributed by atoms with Crippen LogP contribution in [-0.4, -0.2) is 36.2 Å². The molecular weight excluding hydrogens is 246 g/mol. The molecule has 7 heteroatoms. The highest BCUT2D eigenvalue weighted by atomic mass is 35.5. The predicted molar refractivity (Wildman–Crippen MR) is 64.8 cm³/mol. The summed E-state index contributed by atoms with van der Waals surface area (Å²) in [7, 11) is 4.97. The molecule has 94 valence electrons. The third-order valence-corrected chi connectivity index (χ3v) is 2.38. The van der Waals surface area contributed by atoms with Gasteiger partial charge in [0.2, 0.25) is 5.95 Å². The Morgan fingerprint density at radius 3 is 2.59 bits per heavy atom. The van der Waals surface area contributed by atoms with Crippen LogP contribution in [0, 0.1) is 0 Å². The molecule has 0 aromatic carbocycles. The number of hydrogen-bond donors (Lipinski definition) is 0. The van der Waals surface area contributed by atoms with Crippen molar-refractivity contribution in [2.24, 2.45) is 7.05 Å². The molecular formula is C10H14ClN3O3. The topological polar surface area (TPSA) is 64.4 Å². The first-order chi connectivity index (χ1) is 7.90. The van der Waals surface area contributed by atoms with E-state index in [1.165, 1.54) is 11.6 Å². The molecule has 0 aliphatic carbocycles. The van der Waals surface area contributed by atoms with E-state index in [1.54, 1.807) is 25.9 Å². The first-order valence-corrected chi connectivity index (χ1v) is 5.38. The van der Waals surface area contributed by atoms with Crippen molar-refractivity contribution in [3.05, 3.63) is 21.1 Å². The van der Waals surface area contributed by atoms with Gasteiger partial charge in [-0.15, -0.1) is 0 Å². The number of carbonyl (C=O) groups is 1. The maximum Gasteiger partial charge on any atom is 0.346 e. The Morgan fingerprint density at radius 2 is 2.12 bits per heavy atom. The molecule has 0 unspecified atom stereocenters. The summed E-state index contributed by atoms with van der Waals surface area (Å²) in [6.07, 6.45) is 0. The van der Waals surface area contributed by atoms with Gasteiger partial charge >= 0.3 is 5.97 Å². The maximum atomic E-state index is 11.9. The quantitative estimate of drug-likeness (QED) is 0.590. The second-order valence-electron chi connectivity index (χ2n) is 3.56. The first-order valence-electron chi connectivity index (χ1n) is 5.01. The summed E-state index contributed by atoms with van der Waals surface area (Å²) >= 11 is 5.83. The molecule has 6 nitrogen and oxygen atoms in total. The molecule has 0 saturated heterocycles. The fraction of sp³-hybridized carbons (Fsp3) is 0.500. The molecule has 0 atom stereocenters. The Hall–Kier alpha value is -1.56. The lowest BCUT2D eigenvalue weighted by molar-refractivity contribution is 0.0523. The van der Waals surface area contributed by atoms with Crippen LogP contribution in [0.4, 0.5) is 5.95 Å². The van der Waals surface area contributed by atoms with Gasteiger partial charge < -0.3 is 9.64 Å². The Bertz CT molecular complexity index is 496. The third kappa shape index (κ3) is 2.58. The lowest BCUT2D eigenvalue weighted by Crippen LogP contribution is -2.31. The van der Waals surface area contributed by atoms with Crippen LogP contribution in [-0.2, 0) is 11.8 Å². The van der Waals surface area contributed by atoms with Gasteiger partial charge in [-0.05, 0) is 6.92 Å². The van der Waals surface area contributed by atoms with Gasteiger partial charge in [0.25, 0.3) is 5.56 Å². The van der Waals surface area contributed by atoms with Crippen molar-refractivity contribution in [1.29, 1.82) is 0 Å². The largest absolute Gasteiger partial charge is 0.462 e. The number of hydrogen-bond acceptors (Lipinski definition) is 5. The molecule has 0 saturated carbocycles. The van der Waals surface area contributed by atoms with Gasteiger partial charge in [0.1, 0.15) is 0 Å². The molecule has 1 rings (SSSR count). The van der Waals surface area contributed by atoms with Crippen molar-refractivity contribution in [1.82, 2.24) is 9.55 Å². The summed E-state index contributed by atoms with van der Waals surface area (Å²) in [5.74, 6) is -0.385. The molecule has 1 aromatic rings. The number of nitrogens with zero attached hydrogens (tertiary/aromatic N) is 3. The van der Waals surface area contributed by atoms with Crippen molar-refractivity contribution in [3.63, 3.8) is 0 Å². The van der Waals surface area contributed by atoms with Gasteiger partial charge in [0, 0.05) is 21.1 Å². The van der Waals surface area contributed by atoms with Crippen LogP contribution in [0.1, 0.15) is 17.3 Å². The van der Waals surface area contributed by atoms with Crippen LogP contribution in [0.25, 0.3) is 0 Å². The average molecular weight is 260 g/mol. The monoisotopic (exact) mass is 259 g/mol. The Morgan fingerprint density at radius 1 is 1.53 bits per heavy atom. The first kappa shape index (κ1) is 13.5. The smallest absolute Gasteiger partial charge is 0.346 e. The SMILES string of the molecule is CCOC(=O)c1c(Cl)nc(N(C)C)n(C)c1=O. The zero-order valence-electron chi connectivity index (χ0n) is 10.2. The van der Waals surface area contributed by atoms with Gasteiger partial charge in [0.15, 0.2) is 10.7 Å². The molecule has 0 bridgehead atoms. The van der Waals surface area contributed by atoms with Crippen molar-refractivity contribution in [2.45, 2.75) is 6.92 Å². The van der Waals surface area contributed by atoms with Gasteiger partial charge in [-0.25, -0.2) is 9.78 Å². The zero-order valence-corrected chi connectivity index (χ0v) is 10.9. The van der Waals surface area contributed by atoms with Crippen molar-refractivity contribution in [3.8, 4) is 0 Å². The fourth-order valence-corrected chi connectivity index (χ4v) is 1.57. The van der Waals surface area contributed by atoms with Crippen LogP contribution >= 0.6 is 11.6 Å². The molecule has 1 heterocycles. The van der Waals surface area contributed by atoms with Gasteiger partial charge in [0.05, 0.1) is 6.61 Å². The van der Waals surface area contributed by atoms with Crippen LogP contribution in [0.15, 0.2) is 4.79 Å². The highest BCUT2D eigenvalue weighted by Crippen LogP contribution is 2.14. The molecule has 0 fully saturated rings. The number of halogens is 1. The number of esters is 1. The molecule has 0 aliphatic rings. The van der Waals surface area contributed by atoms with Crippen LogP contribution in [0.5, 0.6) is 0 Å². The van der Waals surface area contributed by atoms with E-state index in [0.717, 1.165) is 0 Å². The highest BCUT2D eigenvalue weighted by Gasteiger charge is 2.21. The Balaban J connectivity index is 3.41. The lowest BCUT2D eigenvalue weighted by atomic mass is 10.3. The summed E-state index contributed by atoms with van der Waals surface area (Å²) < 4.78 is 6.00. The number of ether oxygens (including phenoxy) is 1. The van der Waals surface area contributed by atoms with Gasteiger partial charge in [-0.3, -0.25) is 9.36 Å². The standard InChI is InChI=1S/C10H14ClN3O3/c1-5-17-9(16)6-7(11)12-10(13(2)3)14(4)8(6)15/h5H2,1-4H3. The van der Waals surface area contributed by atoms with Crippen molar-refractivity contribution >= 4 is 23.5 Å². The number of aromatic nitrogens is 2. The number of carbonyl (C=O) groups excluding carboxylic acids is 1. The van der Waals surface area contributed by atoms with E-state index in [-0.39, 0.29) is 17.3 Å². The summed E-state index contributed by atoms with van der Waals surface area (Å²) in [4.78, 5) is 29.1. The second kappa shape index (κ2) is 5.18. The van der Waals surface area contributed by atoms with Gasteiger partial charge in [-0.1, -0.05) is 11.6 Å². The van der Waals surface area contributed by atoms with Gasteiger partial charge in [-0.2, -0.15) is 0 Å². The normalized spacial score (nSPS) is 10.2. The van der Waals surface area contributed by atoms with E-state index in [2.05, 4.69) is 4.98 Å². The van der Waals surface area contributed by atoms with E-state index < -0.39 is 11.5 Å². The molecule has 0 radical (unpaired) electrons. The van der Waals surface area contributed by atoms with E-state index >= 15 is 0 Å². The summed E-state index contributed by atoms with van der Waals surface area (Å²) in [6.45, 7) is 1.83. The van der Waals surface area contributed by atoms with Crippen LogP contribution in [0.3, 0.4) is 0 Å². The molecule has 0 N–H and O–H groups in total. The number of anilines is 1. The third-order valence-electron chi connectivity index (χ3n) is 2.10. The van der Waals surface area contributed by atoms with E-state index in [0.29, 0.717) is 5.95 Å². The van der Waals surface area contributed by atoms with E-state index in [9.17, 15) is 9.59 Å². The second-order valence-corrected chi connectivity index (χ2v) is 3.91. The minimum absolute atomic E-state index is 0.143. The van der Waals surface area contributed by atoms with E-state index in [4.69, 9.17) is 16.3 Å². The molecule has 0 spiro atoms. The Labute approximate surface area is 104 Å². The Kier molecular flexibility index (Phi) is 4.11. The molecule has 0 amide bonds. The highest BCUT2D eigenvalue weighted by molar-refractivity contribution is 6.32. The summed E-state index contributed by atoms with van der Waals surface area (Å²) in [6, 6.07) is 0. The average Bonchev–Trinajstić information content (AvgIpc) is 2.23. The minimum Gasteiger partial charge on any atom is -0.462 e. The van der Waals surface area contributed by atoms with Crippen LogP contribution < -0.4 is 10.5 Å². The summed E-state index contributed by atoms with van der Waals surface area (Å²) in [5.41, 5.74) is -0.756. The number of rotatable bonds is 3. The molecule has 0 aliphatic heterocycles. The lowest BCUT2D eigenvalue weighted by Gasteiger charge is -2.16. The van der Waals surface area contributed by atoms with E-state index in [1.807, 2.05) is 0 Å². The van der Waals surface area contributed by atoms with Crippen molar-refractivity contribution in [2.75, 3.05) is 25.6 Å². The summed E-state index contributed by atoms with van der Waals surface area (Å²) in [5, 5.41) is -0.143. The fourth-order valence-electron chi connectivity index (χ4n) is 1.34. The molecule has 1 aromatic heterocycles. The van der Waals surface area contributed by atoms with Crippen LogP contribution in [0.2, 0.25) is 5.15 Å². The minimum atomic E-state index is -0.754. The zero-order chi connectivity index (χ0) is 13.2. The maximum absolute atomic E-state index is 11.9. The van der Waals surface area contributed by atoms with Crippen molar-refractivity contribution < 1.29 is 9.53 Å². The predicted octanol–water partition coefficient (Wildman–Crippen LogP) is 0.676.